The summed E-state index contributed by atoms with van der Waals surface area (Å²) in [4.78, 5) is 39.8. The first-order valence-corrected chi connectivity index (χ1v) is 7.15. The third-order valence-corrected chi connectivity index (χ3v) is 3.57. The number of nitrogens with one attached hydrogen (secondary N) is 1. The zero-order valence-electron chi connectivity index (χ0n) is 13.1. The van der Waals surface area contributed by atoms with Gasteiger partial charge < -0.3 is 4.57 Å². The second kappa shape index (κ2) is 5.99. The van der Waals surface area contributed by atoms with Gasteiger partial charge in [0.15, 0.2) is 0 Å². The number of aromatic nitrogens is 4. The SMILES string of the molecule is Cn1cc(/C=C/C(=O)Nn2cnc3ccccc32)c(=O)n(C)c1=O. The fourth-order valence-corrected chi connectivity index (χ4v) is 2.32. The van der Waals surface area contributed by atoms with Crippen LogP contribution in [-0.4, -0.2) is 24.7 Å². The van der Waals surface area contributed by atoms with Crippen LogP contribution < -0.4 is 16.7 Å². The quantitative estimate of drug-likeness (QED) is 0.697. The molecule has 3 aromatic rings. The molecule has 0 saturated heterocycles. The van der Waals surface area contributed by atoms with Crippen molar-refractivity contribution >= 4 is 23.0 Å². The highest BCUT2D eigenvalue weighted by atomic mass is 16.2. The molecule has 8 nitrogen and oxygen atoms in total. The van der Waals surface area contributed by atoms with Crippen molar-refractivity contribution in [1.29, 1.82) is 0 Å². The average Bonchev–Trinajstić information content (AvgIpc) is 2.98. The fourth-order valence-electron chi connectivity index (χ4n) is 2.32. The van der Waals surface area contributed by atoms with Crippen molar-refractivity contribution in [2.45, 2.75) is 0 Å². The molecule has 0 aliphatic rings. The van der Waals surface area contributed by atoms with Gasteiger partial charge in [-0.15, -0.1) is 0 Å². The topological polar surface area (TPSA) is 90.9 Å². The number of hydrogen-bond donors (Lipinski definition) is 1. The lowest BCUT2D eigenvalue weighted by atomic mass is 10.3. The van der Waals surface area contributed by atoms with Crippen LogP contribution in [0.4, 0.5) is 0 Å². The van der Waals surface area contributed by atoms with Crippen molar-refractivity contribution in [2.75, 3.05) is 5.43 Å². The van der Waals surface area contributed by atoms with Crippen LogP contribution in [0.15, 0.2) is 52.5 Å². The van der Waals surface area contributed by atoms with Crippen molar-refractivity contribution in [2.24, 2.45) is 14.1 Å². The molecule has 1 N–H and O–H groups in total. The highest BCUT2D eigenvalue weighted by molar-refractivity contribution is 5.98. The number of fused-ring (bicyclic) bond motifs is 1. The van der Waals surface area contributed by atoms with E-state index in [1.54, 1.807) is 0 Å². The van der Waals surface area contributed by atoms with Gasteiger partial charge in [0.25, 0.3) is 11.5 Å². The van der Waals surface area contributed by atoms with Crippen LogP contribution in [0.25, 0.3) is 17.1 Å². The molecule has 0 bridgehead atoms. The van der Waals surface area contributed by atoms with E-state index < -0.39 is 17.2 Å². The predicted molar refractivity (Wildman–Crippen MR) is 90.1 cm³/mol. The number of hydrogen-bond acceptors (Lipinski definition) is 4. The largest absolute Gasteiger partial charge is 0.330 e. The normalized spacial score (nSPS) is 11.2. The summed E-state index contributed by atoms with van der Waals surface area (Å²) < 4.78 is 3.77. The minimum Gasteiger partial charge on any atom is -0.303 e. The Hall–Kier alpha value is -3.42. The van der Waals surface area contributed by atoms with E-state index >= 15 is 0 Å². The van der Waals surface area contributed by atoms with Gasteiger partial charge in [0.05, 0.1) is 16.6 Å². The minimum absolute atomic E-state index is 0.241. The molecule has 122 valence electrons. The lowest BCUT2D eigenvalue weighted by molar-refractivity contribution is -0.112. The minimum atomic E-state index is -0.463. The van der Waals surface area contributed by atoms with Gasteiger partial charge in [0.2, 0.25) is 0 Å². The summed E-state index contributed by atoms with van der Waals surface area (Å²) in [5, 5.41) is 0. The second-order valence-corrected chi connectivity index (χ2v) is 5.25. The van der Waals surface area contributed by atoms with E-state index in [-0.39, 0.29) is 5.56 Å². The van der Waals surface area contributed by atoms with Crippen LogP contribution in [0, 0.1) is 0 Å². The third kappa shape index (κ3) is 2.76. The van der Waals surface area contributed by atoms with Crippen LogP contribution in [0.5, 0.6) is 0 Å². The summed E-state index contributed by atoms with van der Waals surface area (Å²) in [7, 11) is 2.93. The Labute approximate surface area is 136 Å². The molecule has 0 radical (unpaired) electrons. The Kier molecular flexibility index (Phi) is 3.87. The van der Waals surface area contributed by atoms with Crippen molar-refractivity contribution in [3.63, 3.8) is 0 Å². The molecule has 0 saturated carbocycles. The van der Waals surface area contributed by atoms with Crippen LogP contribution in [-0.2, 0) is 18.9 Å². The number of carbonyl (C=O) groups excluding carboxylic acids is 1. The Balaban J connectivity index is 1.84. The highest BCUT2D eigenvalue weighted by Gasteiger charge is 2.06. The van der Waals surface area contributed by atoms with E-state index in [0.29, 0.717) is 0 Å². The van der Waals surface area contributed by atoms with Gasteiger partial charge in [-0.2, -0.15) is 0 Å². The first-order valence-electron chi connectivity index (χ1n) is 7.15. The van der Waals surface area contributed by atoms with Crippen molar-refractivity contribution in [3.05, 3.63) is 69.3 Å². The molecule has 0 spiro atoms. The Bertz CT molecular complexity index is 1070. The first-order chi connectivity index (χ1) is 11.5. The zero-order chi connectivity index (χ0) is 17.3. The highest BCUT2D eigenvalue weighted by Crippen LogP contribution is 2.09. The fraction of sp³-hybridized carbons (Fsp3) is 0.125. The molecule has 1 aromatic carbocycles. The number of amides is 1. The van der Waals surface area contributed by atoms with E-state index in [4.69, 9.17) is 0 Å². The van der Waals surface area contributed by atoms with Gasteiger partial charge in [0.1, 0.15) is 6.33 Å². The molecule has 0 aliphatic carbocycles. The van der Waals surface area contributed by atoms with Gasteiger partial charge in [-0.25, -0.2) is 14.5 Å². The Morgan fingerprint density at radius 1 is 1.21 bits per heavy atom. The van der Waals surface area contributed by atoms with Gasteiger partial charge in [-0.1, -0.05) is 12.1 Å². The number of carbonyl (C=O) groups is 1. The molecule has 24 heavy (non-hydrogen) atoms. The molecule has 8 heteroatoms. The van der Waals surface area contributed by atoms with E-state index in [0.717, 1.165) is 15.6 Å². The van der Waals surface area contributed by atoms with Crippen LogP contribution in [0.1, 0.15) is 5.56 Å². The standard InChI is InChI=1S/C16H15N5O3/c1-19-9-11(15(23)20(2)16(19)24)7-8-14(22)18-21-10-17-12-5-3-4-6-13(12)21/h3-10H,1-2H3,(H,18,22)/b8-7+. The zero-order valence-corrected chi connectivity index (χ0v) is 13.1. The van der Waals surface area contributed by atoms with Gasteiger partial charge in [-0.05, 0) is 18.2 Å². The predicted octanol–water partition coefficient (Wildman–Crippen LogP) is 0.217. The lowest BCUT2D eigenvalue weighted by Gasteiger charge is -2.05. The van der Waals surface area contributed by atoms with E-state index in [2.05, 4.69) is 10.4 Å². The summed E-state index contributed by atoms with van der Waals surface area (Å²) in [6, 6.07) is 7.37. The van der Waals surface area contributed by atoms with Gasteiger partial charge in [-0.3, -0.25) is 19.6 Å². The molecule has 0 unspecified atom stereocenters. The summed E-state index contributed by atoms with van der Waals surface area (Å²) >= 11 is 0. The summed E-state index contributed by atoms with van der Waals surface area (Å²) in [5.41, 5.74) is 3.52. The van der Waals surface area contributed by atoms with Crippen molar-refractivity contribution in [1.82, 2.24) is 18.8 Å². The maximum Gasteiger partial charge on any atom is 0.330 e. The van der Waals surface area contributed by atoms with E-state index in [9.17, 15) is 14.4 Å². The summed E-state index contributed by atoms with van der Waals surface area (Å²) in [5.74, 6) is -0.422. The van der Waals surface area contributed by atoms with Gasteiger partial charge >= 0.3 is 5.69 Å². The molecular formula is C16H15N5O3. The lowest BCUT2D eigenvalue weighted by Crippen LogP contribution is -2.37. The summed E-state index contributed by atoms with van der Waals surface area (Å²) in [6.45, 7) is 0. The van der Waals surface area contributed by atoms with E-state index in [1.807, 2.05) is 24.3 Å². The summed E-state index contributed by atoms with van der Waals surface area (Å²) in [6.07, 6.45) is 5.49. The number of nitrogens with zero attached hydrogens (tertiary/aromatic N) is 4. The molecule has 3 rings (SSSR count). The van der Waals surface area contributed by atoms with Crippen LogP contribution in [0.2, 0.25) is 0 Å². The first kappa shape index (κ1) is 15.5. The second-order valence-electron chi connectivity index (χ2n) is 5.25. The molecule has 2 aromatic heterocycles. The third-order valence-electron chi connectivity index (χ3n) is 3.57. The maximum atomic E-state index is 12.1. The molecule has 2 heterocycles. The van der Waals surface area contributed by atoms with Crippen molar-refractivity contribution in [3.8, 4) is 0 Å². The average molecular weight is 325 g/mol. The number of imidazole rings is 1. The number of rotatable bonds is 3. The molecule has 0 fully saturated rings. The number of benzene rings is 1. The molecule has 1 amide bonds. The Morgan fingerprint density at radius 2 is 1.96 bits per heavy atom. The number of aryl methyl sites for hydroxylation is 1. The maximum absolute atomic E-state index is 12.1. The van der Waals surface area contributed by atoms with Crippen LogP contribution in [0.3, 0.4) is 0 Å². The number of para-hydroxylation sites is 2. The molecule has 0 atom stereocenters. The van der Waals surface area contributed by atoms with E-state index in [1.165, 1.54) is 48.0 Å². The van der Waals surface area contributed by atoms with Gasteiger partial charge in [0, 0.05) is 26.4 Å². The van der Waals surface area contributed by atoms with Crippen molar-refractivity contribution < 1.29 is 4.79 Å². The molecular weight excluding hydrogens is 310 g/mol. The molecule has 0 aliphatic heterocycles. The monoisotopic (exact) mass is 325 g/mol. The smallest absolute Gasteiger partial charge is 0.303 e. The van der Waals surface area contributed by atoms with Crippen LogP contribution >= 0.6 is 0 Å². The Morgan fingerprint density at radius 3 is 2.75 bits per heavy atom.